The Hall–Kier alpha value is -2.25. The van der Waals surface area contributed by atoms with Crippen LogP contribution in [0.3, 0.4) is 0 Å². The maximum absolute atomic E-state index is 11.6. The number of carboxylic acid groups (broad SMARTS) is 1. The third kappa shape index (κ3) is 3.64. The van der Waals surface area contributed by atoms with Gasteiger partial charge in [0.1, 0.15) is 22.8 Å². The Balaban J connectivity index is 2.05. The van der Waals surface area contributed by atoms with Gasteiger partial charge in [-0.25, -0.2) is 13.2 Å². The van der Waals surface area contributed by atoms with Gasteiger partial charge in [-0.3, -0.25) is 0 Å². The summed E-state index contributed by atoms with van der Waals surface area (Å²) in [6, 6.07) is 7.01. The molecule has 3 rings (SSSR count). The number of hydrogen-bond acceptors (Lipinski definition) is 5. The van der Waals surface area contributed by atoms with E-state index < -0.39 is 21.4 Å². The van der Waals surface area contributed by atoms with Crippen molar-refractivity contribution >= 4 is 27.4 Å². The van der Waals surface area contributed by atoms with Gasteiger partial charge in [0.2, 0.25) is 0 Å². The first kappa shape index (κ1) is 18.5. The van der Waals surface area contributed by atoms with Crippen LogP contribution in [-0.4, -0.2) is 31.4 Å². The van der Waals surface area contributed by atoms with Gasteiger partial charge in [0, 0.05) is 18.2 Å². The molecule has 2 aromatic rings. The second-order valence-corrected chi connectivity index (χ2v) is 9.18. The zero-order valence-corrected chi connectivity index (χ0v) is 15.9. The van der Waals surface area contributed by atoms with Crippen LogP contribution in [0.1, 0.15) is 29.8 Å². The SMILES string of the molecule is CC1(C)Cc2c(Oc3ccc(S(C)(=O)=O)cc3Cl)cc(C(=O)O)cc2O1. The number of hydrogen-bond donors (Lipinski definition) is 1. The van der Waals surface area contributed by atoms with Crippen LogP contribution in [0.5, 0.6) is 17.2 Å². The van der Waals surface area contributed by atoms with Crippen LogP contribution >= 0.6 is 11.6 Å². The fraction of sp³-hybridized carbons (Fsp3) is 0.278. The number of carbonyl (C=O) groups is 1. The van der Waals surface area contributed by atoms with Gasteiger partial charge in [-0.05, 0) is 44.2 Å². The van der Waals surface area contributed by atoms with Crippen molar-refractivity contribution in [2.75, 3.05) is 6.26 Å². The molecule has 0 saturated carbocycles. The molecule has 0 saturated heterocycles. The molecule has 0 atom stereocenters. The second-order valence-electron chi connectivity index (χ2n) is 6.76. The monoisotopic (exact) mass is 396 g/mol. The second kappa shape index (κ2) is 6.17. The van der Waals surface area contributed by atoms with Crippen molar-refractivity contribution in [3.8, 4) is 17.2 Å². The Labute approximate surface area is 156 Å². The van der Waals surface area contributed by atoms with E-state index in [9.17, 15) is 18.3 Å². The van der Waals surface area contributed by atoms with E-state index in [1.54, 1.807) is 0 Å². The zero-order valence-electron chi connectivity index (χ0n) is 14.4. The first-order valence-corrected chi connectivity index (χ1v) is 10.00. The van der Waals surface area contributed by atoms with Crippen molar-refractivity contribution in [2.24, 2.45) is 0 Å². The fourth-order valence-corrected chi connectivity index (χ4v) is 3.70. The molecule has 0 fully saturated rings. The molecular weight excluding hydrogens is 380 g/mol. The lowest BCUT2D eigenvalue weighted by Crippen LogP contribution is -2.24. The number of carboxylic acids is 1. The summed E-state index contributed by atoms with van der Waals surface area (Å²) in [6.07, 6.45) is 1.62. The van der Waals surface area contributed by atoms with Crippen LogP contribution in [0.25, 0.3) is 0 Å². The van der Waals surface area contributed by atoms with Crippen LogP contribution in [0.15, 0.2) is 35.2 Å². The number of halogens is 1. The molecule has 26 heavy (non-hydrogen) atoms. The highest BCUT2D eigenvalue weighted by molar-refractivity contribution is 7.90. The summed E-state index contributed by atoms with van der Waals surface area (Å²) in [7, 11) is -3.40. The molecule has 0 radical (unpaired) electrons. The third-order valence-electron chi connectivity index (χ3n) is 3.96. The van der Waals surface area contributed by atoms with Gasteiger partial charge in [0.25, 0.3) is 0 Å². The molecule has 8 heteroatoms. The molecule has 1 heterocycles. The molecule has 1 aliphatic heterocycles. The summed E-state index contributed by atoms with van der Waals surface area (Å²) in [5.74, 6) is -0.105. The number of rotatable bonds is 4. The minimum atomic E-state index is -3.40. The summed E-state index contributed by atoms with van der Waals surface area (Å²) in [5, 5.41) is 9.43. The van der Waals surface area contributed by atoms with Crippen LogP contribution in [0, 0.1) is 0 Å². The molecule has 6 nitrogen and oxygen atoms in total. The summed E-state index contributed by atoms with van der Waals surface area (Å²) in [5.41, 5.74) is 0.283. The maximum atomic E-state index is 11.6. The van der Waals surface area contributed by atoms with Gasteiger partial charge in [0.05, 0.1) is 15.5 Å². The van der Waals surface area contributed by atoms with Crippen molar-refractivity contribution in [3.63, 3.8) is 0 Å². The normalized spacial score (nSPS) is 15.2. The van der Waals surface area contributed by atoms with Crippen LogP contribution in [0.2, 0.25) is 5.02 Å². The maximum Gasteiger partial charge on any atom is 0.335 e. The van der Waals surface area contributed by atoms with E-state index >= 15 is 0 Å². The van der Waals surface area contributed by atoms with E-state index in [4.69, 9.17) is 21.1 Å². The Bertz CT molecular complexity index is 1010. The van der Waals surface area contributed by atoms with Crippen molar-refractivity contribution in [1.29, 1.82) is 0 Å². The summed E-state index contributed by atoms with van der Waals surface area (Å²) in [6.45, 7) is 3.79. The summed E-state index contributed by atoms with van der Waals surface area (Å²) >= 11 is 6.16. The lowest BCUT2D eigenvalue weighted by Gasteiger charge is -2.16. The van der Waals surface area contributed by atoms with Crippen molar-refractivity contribution in [2.45, 2.75) is 30.8 Å². The highest BCUT2D eigenvalue weighted by Crippen LogP contribution is 2.44. The number of aromatic carboxylic acids is 1. The molecular formula is C18H17ClO6S. The van der Waals surface area contributed by atoms with Gasteiger partial charge in [-0.15, -0.1) is 0 Å². The van der Waals surface area contributed by atoms with Crippen LogP contribution in [-0.2, 0) is 16.3 Å². The Morgan fingerprint density at radius 2 is 1.92 bits per heavy atom. The summed E-state index contributed by atoms with van der Waals surface area (Å²) in [4.78, 5) is 11.5. The largest absolute Gasteiger partial charge is 0.487 e. The zero-order chi connectivity index (χ0) is 19.3. The number of sulfone groups is 1. The molecule has 0 unspecified atom stereocenters. The number of ether oxygens (including phenoxy) is 2. The van der Waals surface area contributed by atoms with Crippen LogP contribution in [0.4, 0.5) is 0 Å². The van der Waals surface area contributed by atoms with Gasteiger partial charge >= 0.3 is 5.97 Å². The third-order valence-corrected chi connectivity index (χ3v) is 5.36. The van der Waals surface area contributed by atoms with Crippen molar-refractivity contribution < 1.29 is 27.8 Å². The quantitative estimate of drug-likeness (QED) is 0.841. The molecule has 0 amide bonds. The molecule has 2 aromatic carbocycles. The predicted octanol–water partition coefficient (Wildman–Crippen LogP) is 3.95. The van der Waals surface area contributed by atoms with E-state index in [0.717, 1.165) is 11.8 Å². The van der Waals surface area contributed by atoms with E-state index in [2.05, 4.69) is 0 Å². The topological polar surface area (TPSA) is 89.9 Å². The Kier molecular flexibility index (Phi) is 4.40. The number of fused-ring (bicyclic) bond motifs is 1. The van der Waals surface area contributed by atoms with Crippen molar-refractivity contribution in [3.05, 3.63) is 46.5 Å². The number of benzene rings is 2. The average molecular weight is 397 g/mol. The van der Waals surface area contributed by atoms with E-state index in [1.807, 2.05) is 13.8 Å². The lowest BCUT2D eigenvalue weighted by molar-refractivity contribution is 0.0695. The first-order chi connectivity index (χ1) is 12.0. The molecule has 0 aromatic heterocycles. The van der Waals surface area contributed by atoms with E-state index in [1.165, 1.54) is 30.3 Å². The van der Waals surface area contributed by atoms with E-state index in [-0.39, 0.29) is 21.2 Å². The highest BCUT2D eigenvalue weighted by Gasteiger charge is 2.34. The summed E-state index contributed by atoms with van der Waals surface area (Å²) < 4.78 is 34.9. The van der Waals surface area contributed by atoms with E-state index in [0.29, 0.717) is 17.9 Å². The average Bonchev–Trinajstić information content (AvgIpc) is 2.82. The minimum absolute atomic E-state index is 0.0281. The van der Waals surface area contributed by atoms with Gasteiger partial charge < -0.3 is 14.6 Å². The predicted molar refractivity (Wildman–Crippen MR) is 96.4 cm³/mol. The Morgan fingerprint density at radius 1 is 1.23 bits per heavy atom. The Morgan fingerprint density at radius 3 is 2.50 bits per heavy atom. The lowest BCUT2D eigenvalue weighted by atomic mass is 10.00. The first-order valence-electron chi connectivity index (χ1n) is 7.73. The van der Waals surface area contributed by atoms with Crippen molar-refractivity contribution in [1.82, 2.24) is 0 Å². The molecule has 0 spiro atoms. The molecule has 138 valence electrons. The van der Waals surface area contributed by atoms with Gasteiger partial charge in [-0.2, -0.15) is 0 Å². The fourth-order valence-electron chi connectivity index (χ4n) is 2.77. The molecule has 0 bridgehead atoms. The van der Waals surface area contributed by atoms with Crippen LogP contribution < -0.4 is 9.47 Å². The molecule has 1 N–H and O–H groups in total. The van der Waals surface area contributed by atoms with Gasteiger partial charge in [-0.1, -0.05) is 11.6 Å². The standard InChI is InChI=1S/C18H17ClO6S/c1-18(2)9-12-15(6-10(17(20)21)7-16(12)25-18)24-14-5-4-11(8-13(14)19)26(3,22)23/h4-8H,9H2,1-3H3,(H,20,21). The molecule has 0 aliphatic carbocycles. The minimum Gasteiger partial charge on any atom is -0.487 e. The smallest absolute Gasteiger partial charge is 0.335 e. The highest BCUT2D eigenvalue weighted by atomic mass is 35.5. The molecule has 1 aliphatic rings. The van der Waals surface area contributed by atoms with Gasteiger partial charge in [0.15, 0.2) is 9.84 Å².